The van der Waals surface area contributed by atoms with Crippen LogP contribution < -0.4 is 15.8 Å². The lowest BCUT2D eigenvalue weighted by Crippen LogP contribution is -2.38. The predicted octanol–water partition coefficient (Wildman–Crippen LogP) is 2.46. The van der Waals surface area contributed by atoms with Gasteiger partial charge in [0.25, 0.3) is 0 Å². The molecule has 1 amide bonds. The summed E-state index contributed by atoms with van der Waals surface area (Å²) in [5.41, 5.74) is 5.05. The Morgan fingerprint density at radius 3 is 2.58 bits per heavy atom. The van der Waals surface area contributed by atoms with Crippen LogP contribution in [0.25, 0.3) is 0 Å². The first kappa shape index (κ1) is 15.7. The number of benzene rings is 1. The molecule has 1 fully saturated rings. The molecule has 2 rings (SSSR count). The summed E-state index contributed by atoms with van der Waals surface area (Å²) < 4.78 is 19.1. The van der Waals surface area contributed by atoms with E-state index in [1.165, 1.54) is 12.1 Å². The number of amides is 1. The van der Waals surface area contributed by atoms with Crippen LogP contribution in [0.4, 0.5) is 10.1 Å². The number of ether oxygens (including phenoxy) is 1. The lowest BCUT2D eigenvalue weighted by molar-refractivity contribution is -0.118. The van der Waals surface area contributed by atoms with Gasteiger partial charge in [-0.15, -0.1) is 12.4 Å². The molecule has 19 heavy (non-hydrogen) atoms. The highest BCUT2D eigenvalue weighted by Gasteiger charge is 2.46. The molecule has 0 atom stereocenters. The standard InChI is InChI=1S/C13H17FN2O2.ClH/c1-8(2)18-9-3-4-11(10(14)7-9)16-12(17)13(15)5-6-13;/h3-4,7-8H,5-6,15H2,1-2H3,(H,16,17);1H. The minimum atomic E-state index is -0.806. The molecule has 0 aromatic heterocycles. The van der Waals surface area contributed by atoms with Gasteiger partial charge < -0.3 is 15.8 Å². The Bertz CT molecular complexity index is 476. The van der Waals surface area contributed by atoms with Crippen molar-refractivity contribution in [2.45, 2.75) is 38.3 Å². The first-order chi connectivity index (χ1) is 8.40. The summed E-state index contributed by atoms with van der Waals surface area (Å²) in [7, 11) is 0. The number of nitrogens with one attached hydrogen (secondary N) is 1. The van der Waals surface area contributed by atoms with Gasteiger partial charge in [-0.1, -0.05) is 0 Å². The molecule has 6 heteroatoms. The molecule has 1 aromatic rings. The summed E-state index contributed by atoms with van der Waals surface area (Å²) in [6.07, 6.45) is 1.27. The number of carbonyl (C=O) groups is 1. The van der Waals surface area contributed by atoms with E-state index in [2.05, 4.69) is 5.32 Å². The third-order valence-electron chi connectivity index (χ3n) is 2.80. The van der Waals surface area contributed by atoms with Crippen LogP contribution in [0.2, 0.25) is 0 Å². The number of halogens is 2. The number of hydrogen-bond donors (Lipinski definition) is 2. The predicted molar refractivity (Wildman–Crippen MR) is 74.2 cm³/mol. The van der Waals surface area contributed by atoms with Gasteiger partial charge in [-0.3, -0.25) is 4.79 Å². The Kier molecular flexibility index (Phi) is 4.76. The van der Waals surface area contributed by atoms with Crippen LogP contribution in [0, 0.1) is 5.82 Å². The van der Waals surface area contributed by atoms with E-state index in [9.17, 15) is 9.18 Å². The average Bonchev–Trinajstić information content (AvgIpc) is 3.01. The Morgan fingerprint density at radius 2 is 2.11 bits per heavy atom. The zero-order valence-corrected chi connectivity index (χ0v) is 11.7. The fraction of sp³-hybridized carbons (Fsp3) is 0.462. The summed E-state index contributed by atoms with van der Waals surface area (Å²) >= 11 is 0. The third-order valence-corrected chi connectivity index (χ3v) is 2.80. The monoisotopic (exact) mass is 288 g/mol. The van der Waals surface area contributed by atoms with E-state index in [-0.39, 0.29) is 30.1 Å². The molecule has 106 valence electrons. The number of rotatable bonds is 4. The number of anilines is 1. The maximum atomic E-state index is 13.7. The fourth-order valence-corrected chi connectivity index (χ4v) is 1.55. The molecule has 0 spiro atoms. The van der Waals surface area contributed by atoms with Crippen LogP contribution in [0.15, 0.2) is 18.2 Å². The number of carbonyl (C=O) groups excluding carboxylic acids is 1. The van der Waals surface area contributed by atoms with E-state index in [1.807, 2.05) is 13.8 Å². The van der Waals surface area contributed by atoms with E-state index >= 15 is 0 Å². The van der Waals surface area contributed by atoms with Crippen molar-refractivity contribution in [3.63, 3.8) is 0 Å². The van der Waals surface area contributed by atoms with Crippen LogP contribution in [0.3, 0.4) is 0 Å². The zero-order chi connectivity index (χ0) is 13.3. The zero-order valence-electron chi connectivity index (χ0n) is 10.9. The first-order valence-corrected chi connectivity index (χ1v) is 5.97. The van der Waals surface area contributed by atoms with Gasteiger partial charge in [0.1, 0.15) is 11.6 Å². The quantitative estimate of drug-likeness (QED) is 0.894. The molecule has 1 aliphatic carbocycles. The molecule has 0 heterocycles. The lowest BCUT2D eigenvalue weighted by atomic mass is 10.2. The molecule has 1 saturated carbocycles. The van der Waals surface area contributed by atoms with Crippen molar-refractivity contribution < 1.29 is 13.9 Å². The van der Waals surface area contributed by atoms with Crippen LogP contribution in [0.1, 0.15) is 26.7 Å². The minimum Gasteiger partial charge on any atom is -0.491 e. The molecule has 0 saturated heterocycles. The minimum absolute atomic E-state index is 0. The third kappa shape index (κ3) is 3.81. The van der Waals surface area contributed by atoms with Crippen molar-refractivity contribution in [1.29, 1.82) is 0 Å². The summed E-state index contributed by atoms with van der Waals surface area (Å²) in [5.74, 6) is -0.418. The molecule has 0 aliphatic heterocycles. The second-order valence-electron chi connectivity index (χ2n) is 4.92. The average molecular weight is 289 g/mol. The SMILES string of the molecule is CC(C)Oc1ccc(NC(=O)C2(N)CC2)c(F)c1.Cl. The van der Waals surface area contributed by atoms with Gasteiger partial charge in [-0.2, -0.15) is 0 Å². The molecule has 0 radical (unpaired) electrons. The largest absolute Gasteiger partial charge is 0.491 e. The van der Waals surface area contributed by atoms with Crippen molar-refractivity contribution in [3.05, 3.63) is 24.0 Å². The maximum absolute atomic E-state index is 13.7. The van der Waals surface area contributed by atoms with Crippen molar-refractivity contribution in [1.82, 2.24) is 0 Å². The van der Waals surface area contributed by atoms with Crippen molar-refractivity contribution in [2.24, 2.45) is 5.73 Å². The fourth-order valence-electron chi connectivity index (χ4n) is 1.55. The molecule has 1 aliphatic rings. The van der Waals surface area contributed by atoms with Crippen LogP contribution in [-0.2, 0) is 4.79 Å². The first-order valence-electron chi connectivity index (χ1n) is 5.97. The smallest absolute Gasteiger partial charge is 0.244 e. The Hall–Kier alpha value is -1.33. The van der Waals surface area contributed by atoms with Crippen LogP contribution in [0.5, 0.6) is 5.75 Å². The van der Waals surface area contributed by atoms with E-state index in [1.54, 1.807) is 6.07 Å². The Labute approximate surface area is 117 Å². The highest BCUT2D eigenvalue weighted by atomic mass is 35.5. The summed E-state index contributed by atoms with van der Waals surface area (Å²) in [5, 5.41) is 2.50. The highest BCUT2D eigenvalue weighted by molar-refractivity contribution is 6.00. The van der Waals surface area contributed by atoms with E-state index in [0.717, 1.165) is 0 Å². The number of hydrogen-bond acceptors (Lipinski definition) is 3. The van der Waals surface area contributed by atoms with Crippen LogP contribution in [-0.4, -0.2) is 17.6 Å². The lowest BCUT2D eigenvalue weighted by Gasteiger charge is -2.13. The van der Waals surface area contributed by atoms with Crippen LogP contribution >= 0.6 is 12.4 Å². The number of nitrogens with two attached hydrogens (primary N) is 1. The molecule has 0 unspecified atom stereocenters. The van der Waals surface area contributed by atoms with Gasteiger partial charge in [0.05, 0.1) is 17.3 Å². The van der Waals surface area contributed by atoms with Gasteiger partial charge in [-0.25, -0.2) is 4.39 Å². The molecule has 1 aromatic carbocycles. The van der Waals surface area contributed by atoms with E-state index in [4.69, 9.17) is 10.5 Å². The van der Waals surface area contributed by atoms with Crippen molar-refractivity contribution >= 4 is 24.0 Å². The Morgan fingerprint density at radius 1 is 1.47 bits per heavy atom. The van der Waals surface area contributed by atoms with Gasteiger partial charge in [0.2, 0.25) is 5.91 Å². The second-order valence-corrected chi connectivity index (χ2v) is 4.92. The normalized spacial score (nSPS) is 15.6. The summed E-state index contributed by atoms with van der Waals surface area (Å²) in [6, 6.07) is 4.36. The van der Waals surface area contributed by atoms with Gasteiger partial charge in [0, 0.05) is 6.07 Å². The molecule has 3 N–H and O–H groups in total. The summed E-state index contributed by atoms with van der Waals surface area (Å²) in [4.78, 5) is 11.7. The molecule has 0 bridgehead atoms. The highest BCUT2D eigenvalue weighted by Crippen LogP contribution is 2.33. The topological polar surface area (TPSA) is 64.3 Å². The van der Waals surface area contributed by atoms with Crippen molar-refractivity contribution in [2.75, 3.05) is 5.32 Å². The summed E-state index contributed by atoms with van der Waals surface area (Å²) in [6.45, 7) is 3.72. The second kappa shape index (κ2) is 5.75. The molecule has 4 nitrogen and oxygen atoms in total. The molecular weight excluding hydrogens is 271 g/mol. The van der Waals surface area contributed by atoms with E-state index < -0.39 is 11.4 Å². The van der Waals surface area contributed by atoms with Gasteiger partial charge in [-0.05, 0) is 38.8 Å². The van der Waals surface area contributed by atoms with E-state index in [0.29, 0.717) is 18.6 Å². The van der Waals surface area contributed by atoms with Gasteiger partial charge in [0.15, 0.2) is 0 Å². The Balaban J connectivity index is 0.00000180. The van der Waals surface area contributed by atoms with Crippen molar-refractivity contribution in [3.8, 4) is 5.75 Å². The maximum Gasteiger partial charge on any atom is 0.244 e. The molecular formula is C13H18ClFN2O2. The van der Waals surface area contributed by atoms with Gasteiger partial charge >= 0.3 is 0 Å².